The molecule has 1 aromatic rings. The van der Waals surface area contributed by atoms with E-state index in [2.05, 4.69) is 10.5 Å². The number of carbonyl (C=O) groups is 1. The molecule has 0 bridgehead atoms. The highest BCUT2D eigenvalue weighted by Crippen LogP contribution is 2.28. The fourth-order valence-electron chi connectivity index (χ4n) is 1.69. The average Bonchev–Trinajstić information content (AvgIpc) is 3.20. The number of amides is 1. The second-order valence-electron chi connectivity index (χ2n) is 5.14. The maximum atomic E-state index is 11.5. The number of nitrogens with one attached hydrogen (secondary N) is 1. The van der Waals surface area contributed by atoms with Gasteiger partial charge in [-0.2, -0.15) is 5.10 Å². The van der Waals surface area contributed by atoms with Crippen molar-refractivity contribution in [3.8, 4) is 5.75 Å². The first-order chi connectivity index (χ1) is 9.06. The molecule has 4 nitrogen and oxygen atoms in total. The van der Waals surface area contributed by atoms with Crippen LogP contribution in [0.5, 0.6) is 5.75 Å². The first-order valence-electron chi connectivity index (χ1n) is 6.67. The molecular formula is C15H20N2O2. The lowest BCUT2D eigenvalue weighted by Crippen LogP contribution is -2.20. The number of benzene rings is 1. The van der Waals surface area contributed by atoms with Gasteiger partial charge in [-0.1, -0.05) is 0 Å². The Hall–Kier alpha value is -1.84. The summed E-state index contributed by atoms with van der Waals surface area (Å²) in [6.07, 6.45) is 2.14. The molecule has 1 aromatic carbocycles. The van der Waals surface area contributed by atoms with Crippen molar-refractivity contribution < 1.29 is 9.53 Å². The number of hydrogen-bond acceptors (Lipinski definition) is 3. The van der Waals surface area contributed by atoms with Gasteiger partial charge in [0.25, 0.3) is 0 Å². The average molecular weight is 260 g/mol. The Kier molecular flexibility index (Phi) is 4.20. The molecule has 0 spiro atoms. The molecule has 0 heterocycles. The summed E-state index contributed by atoms with van der Waals surface area (Å²) in [6.45, 7) is 5.87. The Balaban J connectivity index is 1.96. The number of carbonyl (C=O) groups excluding carboxylic acids is 1. The van der Waals surface area contributed by atoms with Crippen LogP contribution in [0.4, 0.5) is 0 Å². The highest BCUT2D eigenvalue weighted by atomic mass is 16.5. The molecule has 0 aliphatic heterocycles. The lowest BCUT2D eigenvalue weighted by atomic mass is 10.1. The van der Waals surface area contributed by atoms with Crippen LogP contribution >= 0.6 is 0 Å². The first kappa shape index (κ1) is 13.6. The summed E-state index contributed by atoms with van der Waals surface area (Å²) < 4.78 is 5.58. The molecular weight excluding hydrogens is 240 g/mol. The Morgan fingerprint density at radius 3 is 2.47 bits per heavy atom. The third kappa shape index (κ3) is 4.09. The molecule has 4 heteroatoms. The van der Waals surface area contributed by atoms with Crippen LogP contribution in [-0.2, 0) is 4.79 Å². The Bertz CT molecular complexity index is 473. The van der Waals surface area contributed by atoms with Crippen LogP contribution in [0.1, 0.15) is 39.2 Å². The molecule has 1 amide bonds. The second-order valence-corrected chi connectivity index (χ2v) is 5.14. The summed E-state index contributed by atoms with van der Waals surface area (Å²) in [5.41, 5.74) is 4.38. The molecule has 0 saturated heterocycles. The molecule has 0 radical (unpaired) electrons. The van der Waals surface area contributed by atoms with E-state index in [1.54, 1.807) is 0 Å². The molecule has 1 aliphatic carbocycles. The topological polar surface area (TPSA) is 50.7 Å². The predicted molar refractivity (Wildman–Crippen MR) is 75.3 cm³/mol. The van der Waals surface area contributed by atoms with Gasteiger partial charge >= 0.3 is 0 Å². The number of rotatable bonds is 5. The van der Waals surface area contributed by atoms with E-state index in [1.807, 2.05) is 45.0 Å². The molecule has 2 rings (SSSR count). The Morgan fingerprint density at radius 2 is 1.95 bits per heavy atom. The van der Waals surface area contributed by atoms with Crippen LogP contribution in [-0.4, -0.2) is 17.7 Å². The van der Waals surface area contributed by atoms with Crippen LogP contribution in [0.3, 0.4) is 0 Å². The minimum absolute atomic E-state index is 0.0270. The van der Waals surface area contributed by atoms with Gasteiger partial charge in [0.15, 0.2) is 0 Å². The molecule has 0 unspecified atom stereocenters. The van der Waals surface area contributed by atoms with E-state index in [-0.39, 0.29) is 17.9 Å². The standard InChI is InChI=1S/C15H20N2O2/c1-10(2)19-14-8-6-12(7-9-14)11(3)16-17-15(18)13-4-5-13/h6-10,13H,4-5H2,1-3H3,(H,17,18)/b16-11-. The minimum atomic E-state index is 0.0270. The van der Waals surface area contributed by atoms with Crippen molar-refractivity contribution in [3.63, 3.8) is 0 Å². The van der Waals surface area contributed by atoms with Gasteiger partial charge < -0.3 is 4.74 Å². The van der Waals surface area contributed by atoms with Gasteiger partial charge in [-0.15, -0.1) is 0 Å². The number of ether oxygens (including phenoxy) is 1. The van der Waals surface area contributed by atoms with Gasteiger partial charge in [-0.05, 0) is 63.4 Å². The zero-order valence-corrected chi connectivity index (χ0v) is 11.6. The van der Waals surface area contributed by atoms with Crippen molar-refractivity contribution in [1.29, 1.82) is 0 Å². The van der Waals surface area contributed by atoms with Crippen molar-refractivity contribution in [2.24, 2.45) is 11.0 Å². The summed E-state index contributed by atoms with van der Waals surface area (Å²) in [5.74, 6) is 1.05. The van der Waals surface area contributed by atoms with Crippen LogP contribution in [0.2, 0.25) is 0 Å². The van der Waals surface area contributed by atoms with E-state index in [4.69, 9.17) is 4.74 Å². The van der Waals surface area contributed by atoms with E-state index in [0.717, 1.165) is 29.9 Å². The lowest BCUT2D eigenvalue weighted by Gasteiger charge is -2.10. The van der Waals surface area contributed by atoms with Gasteiger partial charge in [0.05, 0.1) is 11.8 Å². The number of hydrogen-bond donors (Lipinski definition) is 1. The fourth-order valence-corrected chi connectivity index (χ4v) is 1.69. The van der Waals surface area contributed by atoms with E-state index in [0.29, 0.717) is 0 Å². The van der Waals surface area contributed by atoms with Crippen molar-refractivity contribution in [2.45, 2.75) is 39.7 Å². The van der Waals surface area contributed by atoms with E-state index >= 15 is 0 Å². The van der Waals surface area contributed by atoms with Crippen LogP contribution in [0.25, 0.3) is 0 Å². The summed E-state index contributed by atoms with van der Waals surface area (Å²) in [6, 6.07) is 7.72. The van der Waals surface area contributed by atoms with Gasteiger partial charge in [-0.25, -0.2) is 5.43 Å². The van der Waals surface area contributed by atoms with Gasteiger partial charge in [0.1, 0.15) is 5.75 Å². The first-order valence-corrected chi connectivity index (χ1v) is 6.67. The molecule has 0 atom stereocenters. The highest BCUT2D eigenvalue weighted by molar-refractivity contribution is 5.99. The third-order valence-electron chi connectivity index (χ3n) is 2.93. The Labute approximate surface area is 113 Å². The molecule has 1 N–H and O–H groups in total. The monoisotopic (exact) mass is 260 g/mol. The number of nitrogens with zero attached hydrogens (tertiary/aromatic N) is 1. The molecule has 19 heavy (non-hydrogen) atoms. The quantitative estimate of drug-likeness (QED) is 0.653. The predicted octanol–water partition coefficient (Wildman–Crippen LogP) is 2.72. The summed E-state index contributed by atoms with van der Waals surface area (Å²) >= 11 is 0. The summed E-state index contributed by atoms with van der Waals surface area (Å²) in [4.78, 5) is 11.5. The lowest BCUT2D eigenvalue weighted by molar-refractivity contribution is -0.122. The summed E-state index contributed by atoms with van der Waals surface area (Å²) in [5, 5.41) is 4.12. The maximum absolute atomic E-state index is 11.5. The van der Waals surface area contributed by atoms with Crippen LogP contribution in [0.15, 0.2) is 29.4 Å². The number of hydrazone groups is 1. The van der Waals surface area contributed by atoms with Crippen LogP contribution < -0.4 is 10.2 Å². The molecule has 1 aliphatic rings. The largest absolute Gasteiger partial charge is 0.491 e. The van der Waals surface area contributed by atoms with Gasteiger partial charge in [0, 0.05) is 5.92 Å². The zero-order valence-electron chi connectivity index (χ0n) is 11.6. The Morgan fingerprint density at radius 1 is 1.32 bits per heavy atom. The SMILES string of the molecule is C/C(=N/NC(=O)C1CC1)c1ccc(OC(C)C)cc1. The second kappa shape index (κ2) is 5.87. The van der Waals surface area contributed by atoms with Gasteiger partial charge in [0.2, 0.25) is 5.91 Å². The smallest absolute Gasteiger partial charge is 0.243 e. The third-order valence-corrected chi connectivity index (χ3v) is 2.93. The maximum Gasteiger partial charge on any atom is 0.243 e. The van der Waals surface area contributed by atoms with E-state index in [1.165, 1.54) is 0 Å². The molecule has 102 valence electrons. The summed E-state index contributed by atoms with van der Waals surface area (Å²) in [7, 11) is 0. The van der Waals surface area contributed by atoms with Crippen molar-refractivity contribution in [2.75, 3.05) is 0 Å². The van der Waals surface area contributed by atoms with E-state index in [9.17, 15) is 4.79 Å². The van der Waals surface area contributed by atoms with Crippen LogP contribution in [0, 0.1) is 5.92 Å². The van der Waals surface area contributed by atoms with Gasteiger partial charge in [-0.3, -0.25) is 4.79 Å². The zero-order chi connectivity index (χ0) is 13.8. The van der Waals surface area contributed by atoms with Crippen molar-refractivity contribution in [1.82, 2.24) is 5.43 Å². The van der Waals surface area contributed by atoms with Crippen molar-refractivity contribution in [3.05, 3.63) is 29.8 Å². The van der Waals surface area contributed by atoms with E-state index < -0.39 is 0 Å². The highest BCUT2D eigenvalue weighted by Gasteiger charge is 2.29. The van der Waals surface area contributed by atoms with Crippen molar-refractivity contribution >= 4 is 11.6 Å². The molecule has 1 saturated carbocycles. The minimum Gasteiger partial charge on any atom is -0.491 e. The fraction of sp³-hybridized carbons (Fsp3) is 0.467. The molecule has 0 aromatic heterocycles. The normalized spacial score (nSPS) is 15.5. The molecule has 1 fully saturated rings.